The molecule has 1 amide bonds. The SMILES string of the molecule is CCNC(=NCc1cccc(NC(=O)CC(C)C)c1)NCCCOCC. The number of guanidine groups is 1. The summed E-state index contributed by atoms with van der Waals surface area (Å²) in [5, 5.41) is 9.50. The van der Waals surface area contributed by atoms with Gasteiger partial charge >= 0.3 is 0 Å². The molecule has 0 atom stereocenters. The Morgan fingerprint density at radius 1 is 1.23 bits per heavy atom. The average molecular weight is 363 g/mol. The number of rotatable bonds is 11. The predicted molar refractivity (Wildman–Crippen MR) is 108 cm³/mol. The van der Waals surface area contributed by atoms with E-state index in [0.29, 0.717) is 18.9 Å². The first-order valence-electron chi connectivity index (χ1n) is 9.53. The highest BCUT2D eigenvalue weighted by Crippen LogP contribution is 2.13. The van der Waals surface area contributed by atoms with Crippen LogP contribution in [0.2, 0.25) is 0 Å². The first kappa shape index (κ1) is 22.0. The van der Waals surface area contributed by atoms with Crippen LogP contribution in [0.1, 0.15) is 46.1 Å². The highest BCUT2D eigenvalue weighted by molar-refractivity contribution is 5.90. The third kappa shape index (κ3) is 10.0. The van der Waals surface area contributed by atoms with Crippen LogP contribution in [0, 0.1) is 5.92 Å². The number of nitrogens with zero attached hydrogens (tertiary/aromatic N) is 1. The van der Waals surface area contributed by atoms with Gasteiger partial charge in [-0.1, -0.05) is 26.0 Å². The minimum Gasteiger partial charge on any atom is -0.382 e. The third-order valence-corrected chi connectivity index (χ3v) is 3.53. The number of anilines is 1. The molecule has 0 aliphatic heterocycles. The van der Waals surface area contributed by atoms with Gasteiger partial charge in [0.2, 0.25) is 5.91 Å². The molecule has 0 aliphatic rings. The van der Waals surface area contributed by atoms with E-state index in [-0.39, 0.29) is 5.91 Å². The molecule has 0 aliphatic carbocycles. The van der Waals surface area contributed by atoms with Gasteiger partial charge in [0, 0.05) is 38.4 Å². The maximum atomic E-state index is 11.9. The molecule has 0 unspecified atom stereocenters. The van der Waals surface area contributed by atoms with E-state index in [0.717, 1.165) is 49.9 Å². The largest absolute Gasteiger partial charge is 0.382 e. The summed E-state index contributed by atoms with van der Waals surface area (Å²) < 4.78 is 5.34. The van der Waals surface area contributed by atoms with Crippen LogP contribution < -0.4 is 16.0 Å². The molecular weight excluding hydrogens is 328 g/mol. The average Bonchev–Trinajstić information content (AvgIpc) is 2.59. The third-order valence-electron chi connectivity index (χ3n) is 3.53. The summed E-state index contributed by atoms with van der Waals surface area (Å²) in [6.45, 7) is 11.8. The Bertz CT molecular complexity index is 558. The van der Waals surface area contributed by atoms with Crippen LogP contribution in [0.3, 0.4) is 0 Å². The fraction of sp³-hybridized carbons (Fsp3) is 0.600. The summed E-state index contributed by atoms with van der Waals surface area (Å²) in [6.07, 6.45) is 1.47. The number of amides is 1. The van der Waals surface area contributed by atoms with Crippen molar-refractivity contribution in [2.45, 2.75) is 47.1 Å². The molecule has 26 heavy (non-hydrogen) atoms. The number of carbonyl (C=O) groups is 1. The van der Waals surface area contributed by atoms with E-state index in [9.17, 15) is 4.79 Å². The van der Waals surface area contributed by atoms with Gasteiger partial charge in [-0.3, -0.25) is 4.79 Å². The highest BCUT2D eigenvalue weighted by atomic mass is 16.5. The van der Waals surface area contributed by atoms with Crippen LogP contribution >= 0.6 is 0 Å². The van der Waals surface area contributed by atoms with Crippen molar-refractivity contribution in [2.24, 2.45) is 10.9 Å². The molecule has 3 N–H and O–H groups in total. The Hall–Kier alpha value is -2.08. The van der Waals surface area contributed by atoms with E-state index in [4.69, 9.17) is 4.74 Å². The zero-order valence-corrected chi connectivity index (χ0v) is 16.6. The second kappa shape index (κ2) is 13.2. The maximum absolute atomic E-state index is 11.9. The van der Waals surface area contributed by atoms with Crippen molar-refractivity contribution >= 4 is 17.6 Å². The van der Waals surface area contributed by atoms with Gasteiger partial charge < -0.3 is 20.7 Å². The maximum Gasteiger partial charge on any atom is 0.224 e. The van der Waals surface area contributed by atoms with E-state index in [2.05, 4.69) is 20.9 Å². The second-order valence-corrected chi connectivity index (χ2v) is 6.52. The minimum atomic E-state index is 0.0463. The number of aliphatic imine (C=N–C) groups is 1. The topological polar surface area (TPSA) is 74.8 Å². The lowest BCUT2D eigenvalue weighted by molar-refractivity contribution is -0.116. The van der Waals surface area contributed by atoms with Gasteiger partial charge in [-0.15, -0.1) is 0 Å². The van der Waals surface area contributed by atoms with Crippen LogP contribution in [0.15, 0.2) is 29.3 Å². The molecule has 0 fully saturated rings. The van der Waals surface area contributed by atoms with Crippen molar-refractivity contribution in [3.05, 3.63) is 29.8 Å². The highest BCUT2D eigenvalue weighted by Gasteiger charge is 2.05. The summed E-state index contributed by atoms with van der Waals surface area (Å²) in [5.74, 6) is 1.18. The van der Waals surface area contributed by atoms with E-state index < -0.39 is 0 Å². The van der Waals surface area contributed by atoms with Gasteiger partial charge in [0.25, 0.3) is 0 Å². The van der Waals surface area contributed by atoms with Crippen molar-refractivity contribution in [3.63, 3.8) is 0 Å². The Morgan fingerprint density at radius 2 is 2.04 bits per heavy atom. The van der Waals surface area contributed by atoms with Crippen LogP contribution in [-0.4, -0.2) is 38.2 Å². The number of carbonyl (C=O) groups excluding carboxylic acids is 1. The number of hydrogen-bond donors (Lipinski definition) is 3. The monoisotopic (exact) mass is 362 g/mol. The molecule has 0 radical (unpaired) electrons. The Kier molecular flexibility index (Phi) is 11.1. The number of hydrogen-bond acceptors (Lipinski definition) is 3. The fourth-order valence-electron chi connectivity index (χ4n) is 2.37. The normalized spacial score (nSPS) is 11.5. The minimum absolute atomic E-state index is 0.0463. The first-order valence-corrected chi connectivity index (χ1v) is 9.53. The van der Waals surface area contributed by atoms with Crippen molar-refractivity contribution in [3.8, 4) is 0 Å². The van der Waals surface area contributed by atoms with Gasteiger partial charge in [0.15, 0.2) is 5.96 Å². The molecule has 1 aromatic carbocycles. The van der Waals surface area contributed by atoms with Gasteiger partial charge in [-0.2, -0.15) is 0 Å². The lowest BCUT2D eigenvalue weighted by Gasteiger charge is -2.12. The van der Waals surface area contributed by atoms with Crippen LogP contribution in [0.4, 0.5) is 5.69 Å². The summed E-state index contributed by atoms with van der Waals surface area (Å²) in [6, 6.07) is 7.83. The Labute approximate surface area is 157 Å². The molecule has 0 saturated carbocycles. The van der Waals surface area contributed by atoms with Crippen molar-refractivity contribution in [2.75, 3.05) is 31.6 Å². The zero-order valence-electron chi connectivity index (χ0n) is 16.6. The van der Waals surface area contributed by atoms with E-state index >= 15 is 0 Å². The van der Waals surface area contributed by atoms with Crippen LogP contribution in [0.5, 0.6) is 0 Å². The summed E-state index contributed by atoms with van der Waals surface area (Å²) in [5.41, 5.74) is 1.87. The summed E-state index contributed by atoms with van der Waals surface area (Å²) in [7, 11) is 0. The summed E-state index contributed by atoms with van der Waals surface area (Å²) in [4.78, 5) is 16.5. The Balaban J connectivity index is 2.56. The Morgan fingerprint density at radius 3 is 2.73 bits per heavy atom. The molecule has 6 heteroatoms. The smallest absolute Gasteiger partial charge is 0.224 e. The molecule has 1 aromatic rings. The van der Waals surface area contributed by atoms with E-state index in [1.807, 2.05) is 52.0 Å². The van der Waals surface area contributed by atoms with Gasteiger partial charge in [0.05, 0.1) is 6.54 Å². The van der Waals surface area contributed by atoms with Gasteiger partial charge in [0.1, 0.15) is 0 Å². The molecule has 1 rings (SSSR count). The van der Waals surface area contributed by atoms with Crippen molar-refractivity contribution in [1.29, 1.82) is 0 Å². The van der Waals surface area contributed by atoms with Crippen molar-refractivity contribution in [1.82, 2.24) is 10.6 Å². The van der Waals surface area contributed by atoms with E-state index in [1.165, 1.54) is 0 Å². The quantitative estimate of drug-likeness (QED) is 0.321. The lowest BCUT2D eigenvalue weighted by atomic mass is 10.1. The number of benzene rings is 1. The standard InChI is InChI=1S/C20H34N4O2/c1-5-21-20(22-11-8-12-26-6-2)23-15-17-9-7-10-18(14-17)24-19(25)13-16(3)4/h7,9-10,14,16H,5-6,8,11-13,15H2,1-4H3,(H,24,25)(H2,21,22,23). The zero-order chi connectivity index (χ0) is 19.2. The second-order valence-electron chi connectivity index (χ2n) is 6.52. The number of ether oxygens (including phenoxy) is 1. The van der Waals surface area contributed by atoms with E-state index in [1.54, 1.807) is 0 Å². The summed E-state index contributed by atoms with van der Waals surface area (Å²) >= 11 is 0. The number of nitrogens with one attached hydrogen (secondary N) is 3. The molecule has 6 nitrogen and oxygen atoms in total. The predicted octanol–water partition coefficient (Wildman–Crippen LogP) is 3.15. The molecule has 0 spiro atoms. The molecular formula is C20H34N4O2. The van der Waals surface area contributed by atoms with Crippen molar-refractivity contribution < 1.29 is 9.53 Å². The molecule has 0 heterocycles. The van der Waals surface area contributed by atoms with Crippen LogP contribution in [-0.2, 0) is 16.1 Å². The molecule has 0 saturated heterocycles. The van der Waals surface area contributed by atoms with Crippen LogP contribution in [0.25, 0.3) is 0 Å². The first-order chi connectivity index (χ1) is 12.5. The molecule has 146 valence electrons. The van der Waals surface area contributed by atoms with Gasteiger partial charge in [-0.05, 0) is 43.9 Å². The molecule has 0 aromatic heterocycles. The molecule has 0 bridgehead atoms. The lowest BCUT2D eigenvalue weighted by Crippen LogP contribution is -2.38. The fourth-order valence-corrected chi connectivity index (χ4v) is 2.37. The van der Waals surface area contributed by atoms with Gasteiger partial charge in [-0.25, -0.2) is 4.99 Å².